The molecule has 1 N–H and O–H groups in total. The Hall–Kier alpha value is -2.65. The summed E-state index contributed by atoms with van der Waals surface area (Å²) >= 11 is 0. The summed E-state index contributed by atoms with van der Waals surface area (Å²) in [7, 11) is 2.03. The van der Waals surface area contributed by atoms with E-state index in [2.05, 4.69) is 46.6 Å². The van der Waals surface area contributed by atoms with Crippen LogP contribution in [0, 0.1) is 0 Å². The molecule has 0 unspecified atom stereocenters. The van der Waals surface area contributed by atoms with Gasteiger partial charge in [-0.25, -0.2) is 0 Å². The average Bonchev–Trinajstić information content (AvgIpc) is 3.05. The highest BCUT2D eigenvalue weighted by Gasteiger charge is 2.26. The predicted octanol–water partition coefficient (Wildman–Crippen LogP) is 4.40. The second-order valence-electron chi connectivity index (χ2n) is 6.78. The number of hydrogen-bond acceptors (Lipinski definition) is 2. The fourth-order valence-corrected chi connectivity index (χ4v) is 3.80. The Morgan fingerprint density at radius 2 is 1.80 bits per heavy atom. The van der Waals surface area contributed by atoms with Gasteiger partial charge in [0.05, 0.1) is 6.54 Å². The molecule has 0 spiro atoms. The predicted molar refractivity (Wildman–Crippen MR) is 103 cm³/mol. The van der Waals surface area contributed by atoms with Gasteiger partial charge in [-0.05, 0) is 53.9 Å². The van der Waals surface area contributed by atoms with Crippen molar-refractivity contribution in [2.75, 3.05) is 18.9 Å². The number of carbonyl (C=O) groups excluding carboxylic acids is 1. The number of nitrogens with zero attached hydrogens (tertiary/aromatic N) is 1. The summed E-state index contributed by atoms with van der Waals surface area (Å²) in [6, 6.07) is 23.1. The lowest BCUT2D eigenvalue weighted by Crippen LogP contribution is -2.32. The molecular weight excluding hydrogens is 308 g/mol. The second-order valence-corrected chi connectivity index (χ2v) is 6.78. The number of anilines is 1. The topological polar surface area (TPSA) is 32.3 Å². The van der Waals surface area contributed by atoms with E-state index in [1.54, 1.807) is 0 Å². The highest BCUT2D eigenvalue weighted by atomic mass is 16.2. The molecule has 3 heteroatoms. The van der Waals surface area contributed by atoms with Crippen LogP contribution in [0.3, 0.4) is 0 Å². The van der Waals surface area contributed by atoms with Crippen LogP contribution in [-0.2, 0) is 11.2 Å². The molecule has 0 saturated carbocycles. The van der Waals surface area contributed by atoms with E-state index in [0.29, 0.717) is 12.6 Å². The molecule has 3 aromatic rings. The van der Waals surface area contributed by atoms with Crippen LogP contribution in [-0.4, -0.2) is 24.4 Å². The zero-order valence-corrected chi connectivity index (χ0v) is 14.4. The molecule has 3 nitrogen and oxygen atoms in total. The molecule has 25 heavy (non-hydrogen) atoms. The standard InChI is InChI=1S/C22H22N2O/c1-24(21-13-11-17-7-4-5-9-20(17)21)15-22(25)23-19-12-10-16-6-2-3-8-18(16)14-19/h2-10,12,14,21H,11,13,15H2,1H3,(H,23,25)/t21-/m1/s1. The summed E-state index contributed by atoms with van der Waals surface area (Å²) in [5.74, 6) is 0.0298. The number of fused-ring (bicyclic) bond motifs is 2. The molecule has 4 rings (SSSR count). The Morgan fingerprint density at radius 1 is 1.04 bits per heavy atom. The van der Waals surface area contributed by atoms with E-state index in [0.717, 1.165) is 23.9 Å². The first-order valence-corrected chi connectivity index (χ1v) is 8.77. The third-order valence-corrected chi connectivity index (χ3v) is 5.06. The van der Waals surface area contributed by atoms with Crippen molar-refractivity contribution in [1.82, 2.24) is 4.90 Å². The first kappa shape index (κ1) is 15.9. The molecule has 126 valence electrons. The quantitative estimate of drug-likeness (QED) is 0.769. The van der Waals surface area contributed by atoms with Crippen LogP contribution in [0.5, 0.6) is 0 Å². The van der Waals surface area contributed by atoms with Gasteiger partial charge in [0, 0.05) is 11.7 Å². The van der Waals surface area contributed by atoms with Crippen molar-refractivity contribution in [3.8, 4) is 0 Å². The van der Waals surface area contributed by atoms with Crippen LogP contribution in [0.4, 0.5) is 5.69 Å². The molecular formula is C22H22N2O. The molecule has 0 saturated heterocycles. The Balaban J connectivity index is 1.43. The smallest absolute Gasteiger partial charge is 0.238 e. The molecule has 0 heterocycles. The number of benzene rings is 3. The second kappa shape index (κ2) is 6.69. The maximum atomic E-state index is 12.5. The highest BCUT2D eigenvalue weighted by Crippen LogP contribution is 2.34. The zero-order chi connectivity index (χ0) is 17.2. The maximum absolute atomic E-state index is 12.5. The average molecular weight is 330 g/mol. The molecule has 1 atom stereocenters. The van der Waals surface area contributed by atoms with Gasteiger partial charge in [0.1, 0.15) is 0 Å². The largest absolute Gasteiger partial charge is 0.325 e. The third kappa shape index (κ3) is 3.28. The first-order valence-electron chi connectivity index (χ1n) is 8.77. The van der Waals surface area contributed by atoms with Gasteiger partial charge in [0.25, 0.3) is 0 Å². The van der Waals surface area contributed by atoms with E-state index in [-0.39, 0.29) is 5.91 Å². The summed E-state index contributed by atoms with van der Waals surface area (Å²) in [5, 5.41) is 5.35. The minimum atomic E-state index is 0.0298. The van der Waals surface area contributed by atoms with Gasteiger partial charge in [-0.2, -0.15) is 0 Å². The lowest BCUT2D eigenvalue weighted by atomic mass is 10.1. The van der Waals surface area contributed by atoms with E-state index in [1.165, 1.54) is 16.5 Å². The molecule has 1 amide bonds. The SMILES string of the molecule is CN(CC(=O)Nc1ccc2ccccc2c1)[C@@H]1CCc2ccccc21. The van der Waals surface area contributed by atoms with Gasteiger partial charge in [-0.15, -0.1) is 0 Å². The molecule has 0 aromatic heterocycles. The molecule has 3 aromatic carbocycles. The zero-order valence-electron chi connectivity index (χ0n) is 14.4. The van der Waals surface area contributed by atoms with E-state index in [1.807, 2.05) is 37.4 Å². The van der Waals surface area contributed by atoms with Crippen molar-refractivity contribution in [3.63, 3.8) is 0 Å². The Bertz CT molecular complexity index is 919. The van der Waals surface area contributed by atoms with Crippen molar-refractivity contribution < 1.29 is 4.79 Å². The first-order chi connectivity index (χ1) is 12.2. The number of amides is 1. The van der Waals surface area contributed by atoms with E-state index < -0.39 is 0 Å². The molecule has 0 radical (unpaired) electrons. The summed E-state index contributed by atoms with van der Waals surface area (Å²) in [6.07, 6.45) is 2.18. The monoisotopic (exact) mass is 330 g/mol. The minimum absolute atomic E-state index is 0.0298. The van der Waals surface area contributed by atoms with Crippen molar-refractivity contribution in [2.45, 2.75) is 18.9 Å². The number of nitrogens with one attached hydrogen (secondary N) is 1. The van der Waals surface area contributed by atoms with E-state index in [4.69, 9.17) is 0 Å². The fraction of sp³-hybridized carbons (Fsp3) is 0.227. The van der Waals surface area contributed by atoms with Crippen LogP contribution in [0.1, 0.15) is 23.6 Å². The molecule has 0 bridgehead atoms. The Kier molecular flexibility index (Phi) is 4.24. The minimum Gasteiger partial charge on any atom is -0.325 e. The normalized spacial score (nSPS) is 16.2. The van der Waals surface area contributed by atoms with Gasteiger partial charge in [0.15, 0.2) is 0 Å². The molecule has 1 aliphatic rings. The number of rotatable bonds is 4. The van der Waals surface area contributed by atoms with Crippen LogP contribution in [0.15, 0.2) is 66.7 Å². The molecule has 0 aliphatic heterocycles. The van der Waals surface area contributed by atoms with E-state index >= 15 is 0 Å². The lowest BCUT2D eigenvalue weighted by Gasteiger charge is -2.24. The van der Waals surface area contributed by atoms with Crippen molar-refractivity contribution in [1.29, 1.82) is 0 Å². The third-order valence-electron chi connectivity index (χ3n) is 5.06. The van der Waals surface area contributed by atoms with Gasteiger partial charge in [-0.3, -0.25) is 9.69 Å². The van der Waals surface area contributed by atoms with Crippen molar-refractivity contribution in [2.24, 2.45) is 0 Å². The lowest BCUT2D eigenvalue weighted by molar-refractivity contribution is -0.117. The van der Waals surface area contributed by atoms with Crippen LogP contribution < -0.4 is 5.32 Å². The summed E-state index contributed by atoms with van der Waals surface area (Å²) < 4.78 is 0. The van der Waals surface area contributed by atoms with Crippen molar-refractivity contribution >= 4 is 22.4 Å². The summed E-state index contributed by atoms with van der Waals surface area (Å²) in [5.41, 5.74) is 3.63. The maximum Gasteiger partial charge on any atom is 0.238 e. The van der Waals surface area contributed by atoms with Crippen LogP contribution in [0.25, 0.3) is 10.8 Å². The molecule has 1 aliphatic carbocycles. The van der Waals surface area contributed by atoms with Crippen LogP contribution in [0.2, 0.25) is 0 Å². The number of aryl methyl sites for hydroxylation is 1. The van der Waals surface area contributed by atoms with Gasteiger partial charge in [-0.1, -0.05) is 54.6 Å². The van der Waals surface area contributed by atoms with Crippen molar-refractivity contribution in [3.05, 3.63) is 77.9 Å². The van der Waals surface area contributed by atoms with Gasteiger partial charge < -0.3 is 5.32 Å². The Labute approximate surface area is 148 Å². The number of carbonyl (C=O) groups is 1. The highest BCUT2D eigenvalue weighted by molar-refractivity contribution is 5.95. The number of likely N-dealkylation sites (N-methyl/N-ethyl adjacent to an activating group) is 1. The van der Waals surface area contributed by atoms with E-state index in [9.17, 15) is 4.79 Å². The van der Waals surface area contributed by atoms with Crippen LogP contribution >= 0.6 is 0 Å². The summed E-state index contributed by atoms with van der Waals surface area (Å²) in [6.45, 7) is 0.395. The summed E-state index contributed by atoms with van der Waals surface area (Å²) in [4.78, 5) is 14.6. The fourth-order valence-electron chi connectivity index (χ4n) is 3.80. The Morgan fingerprint density at radius 3 is 2.68 bits per heavy atom. The van der Waals surface area contributed by atoms with Gasteiger partial charge in [0.2, 0.25) is 5.91 Å². The molecule has 0 fully saturated rings. The van der Waals surface area contributed by atoms with Gasteiger partial charge >= 0.3 is 0 Å². The number of hydrogen-bond donors (Lipinski definition) is 1.